The molecule has 0 unspecified atom stereocenters. The van der Waals surface area contributed by atoms with Gasteiger partial charge in [0.15, 0.2) is 0 Å². The van der Waals surface area contributed by atoms with Gasteiger partial charge in [0.2, 0.25) is 11.9 Å². The van der Waals surface area contributed by atoms with Crippen LogP contribution in [0.2, 0.25) is 0 Å². The lowest BCUT2D eigenvalue weighted by atomic mass is 10.1. The minimum atomic E-state index is 0.552. The van der Waals surface area contributed by atoms with Crippen LogP contribution in [0.5, 0.6) is 0 Å². The average molecular weight is 606 g/mol. The van der Waals surface area contributed by atoms with Crippen LogP contribution in [0.1, 0.15) is 11.1 Å². The summed E-state index contributed by atoms with van der Waals surface area (Å²) in [6.07, 6.45) is 0. The van der Waals surface area contributed by atoms with Crippen LogP contribution >= 0.6 is 0 Å². The van der Waals surface area contributed by atoms with E-state index in [0.29, 0.717) is 17.5 Å². The number of aromatic nitrogens is 5. The van der Waals surface area contributed by atoms with Crippen molar-refractivity contribution in [3.63, 3.8) is 0 Å². The first-order chi connectivity index (χ1) is 23.2. The summed E-state index contributed by atoms with van der Waals surface area (Å²) in [6, 6.07) is 49.7. The summed E-state index contributed by atoms with van der Waals surface area (Å²) in [5, 5.41) is 12.3. The Balaban J connectivity index is 1.34. The minimum absolute atomic E-state index is 0.552. The number of hydrogen-bond acceptors (Lipinski definition) is 4. The Bertz CT molecular complexity index is 2600. The zero-order chi connectivity index (χ0) is 31.5. The van der Waals surface area contributed by atoms with E-state index in [-0.39, 0.29) is 0 Å². The molecule has 6 aromatic carbocycles. The van der Waals surface area contributed by atoms with Crippen LogP contribution in [0.3, 0.4) is 0 Å². The first kappa shape index (κ1) is 26.7. The molecule has 7 nitrogen and oxygen atoms in total. The van der Waals surface area contributed by atoms with E-state index in [9.17, 15) is 5.26 Å². The fourth-order valence-electron chi connectivity index (χ4n) is 6.67. The molecule has 0 spiro atoms. The van der Waals surface area contributed by atoms with Crippen molar-refractivity contribution in [2.45, 2.75) is 6.92 Å². The van der Waals surface area contributed by atoms with Crippen LogP contribution in [0.15, 0.2) is 140 Å². The number of hydrogen-bond donors (Lipinski definition) is 1. The van der Waals surface area contributed by atoms with E-state index >= 15 is 0 Å². The number of nitrogens with one attached hydrogen (secondary N) is 1. The second-order valence-corrected chi connectivity index (χ2v) is 11.7. The predicted octanol–water partition coefficient (Wildman–Crippen LogP) is 9.65. The number of aryl methyl sites for hydroxylation is 1. The lowest BCUT2D eigenvalue weighted by Gasteiger charge is -2.24. The molecule has 9 rings (SSSR count). The van der Waals surface area contributed by atoms with Crippen molar-refractivity contribution in [2.75, 3.05) is 4.90 Å². The van der Waals surface area contributed by atoms with Gasteiger partial charge in [-0.3, -0.25) is 4.57 Å². The number of imidazole rings is 2. The fourth-order valence-corrected chi connectivity index (χ4v) is 6.67. The molecule has 3 aromatic heterocycles. The van der Waals surface area contributed by atoms with Gasteiger partial charge in [-0.05, 0) is 79.2 Å². The molecule has 47 heavy (non-hydrogen) atoms. The number of aromatic amines is 1. The van der Waals surface area contributed by atoms with Gasteiger partial charge in [-0.25, -0.2) is 14.9 Å². The third kappa shape index (κ3) is 4.20. The lowest BCUT2D eigenvalue weighted by molar-refractivity contribution is 0.995. The third-order valence-electron chi connectivity index (χ3n) is 8.84. The highest BCUT2D eigenvalue weighted by Crippen LogP contribution is 2.39. The molecule has 0 aliphatic rings. The molecule has 222 valence electrons. The number of rotatable bonds is 5. The number of anilines is 3. The molecule has 9 aromatic rings. The van der Waals surface area contributed by atoms with Gasteiger partial charge in [0, 0.05) is 16.5 Å². The van der Waals surface area contributed by atoms with Crippen molar-refractivity contribution >= 4 is 61.5 Å². The number of fused-ring (bicyclic) bond motifs is 5. The van der Waals surface area contributed by atoms with Gasteiger partial charge in [-0.1, -0.05) is 72.8 Å². The lowest BCUT2D eigenvalue weighted by Crippen LogP contribution is -2.17. The van der Waals surface area contributed by atoms with Crippen molar-refractivity contribution in [1.82, 2.24) is 24.1 Å². The molecule has 0 fully saturated rings. The maximum atomic E-state index is 9.84. The Morgan fingerprint density at radius 3 is 2.06 bits per heavy atom. The molecular weight excluding hydrogens is 578 g/mol. The Morgan fingerprint density at radius 1 is 0.638 bits per heavy atom. The topological polar surface area (TPSA) is 78.5 Å². The van der Waals surface area contributed by atoms with E-state index in [1.54, 1.807) is 0 Å². The van der Waals surface area contributed by atoms with Crippen LogP contribution in [0.25, 0.3) is 55.2 Å². The second-order valence-electron chi connectivity index (χ2n) is 11.7. The maximum absolute atomic E-state index is 9.84. The van der Waals surface area contributed by atoms with Crippen molar-refractivity contribution in [3.05, 3.63) is 151 Å². The van der Waals surface area contributed by atoms with Crippen LogP contribution in [-0.4, -0.2) is 24.1 Å². The molecule has 0 amide bonds. The van der Waals surface area contributed by atoms with E-state index in [0.717, 1.165) is 55.7 Å². The summed E-state index contributed by atoms with van der Waals surface area (Å²) in [5.41, 5.74) is 10.3. The van der Waals surface area contributed by atoms with Crippen LogP contribution < -0.4 is 4.90 Å². The van der Waals surface area contributed by atoms with E-state index < -0.39 is 0 Å². The predicted molar refractivity (Wildman–Crippen MR) is 189 cm³/mol. The molecule has 0 aliphatic heterocycles. The molecule has 0 atom stereocenters. The van der Waals surface area contributed by atoms with Gasteiger partial charge < -0.3 is 9.55 Å². The highest BCUT2D eigenvalue weighted by atomic mass is 15.4. The summed E-state index contributed by atoms with van der Waals surface area (Å²) >= 11 is 0. The molecular formula is C40H27N7. The van der Waals surface area contributed by atoms with Gasteiger partial charge in [-0.15, -0.1) is 0 Å². The smallest absolute Gasteiger partial charge is 0.222 e. The normalized spacial score (nSPS) is 11.5. The molecule has 0 saturated carbocycles. The van der Waals surface area contributed by atoms with Crippen LogP contribution in [-0.2, 0) is 0 Å². The fraction of sp³-hybridized carbons (Fsp3) is 0.0250. The zero-order valence-corrected chi connectivity index (χ0v) is 25.5. The van der Waals surface area contributed by atoms with E-state index in [1.807, 2.05) is 71.6 Å². The van der Waals surface area contributed by atoms with Gasteiger partial charge >= 0.3 is 0 Å². The Labute approximate surface area is 270 Å². The van der Waals surface area contributed by atoms with Gasteiger partial charge in [0.25, 0.3) is 0 Å². The molecule has 0 radical (unpaired) electrons. The van der Waals surface area contributed by atoms with Gasteiger partial charge in [0.05, 0.1) is 56.1 Å². The highest BCUT2D eigenvalue weighted by Gasteiger charge is 2.26. The summed E-state index contributed by atoms with van der Waals surface area (Å²) in [4.78, 5) is 15.8. The van der Waals surface area contributed by atoms with Gasteiger partial charge in [0.1, 0.15) is 0 Å². The van der Waals surface area contributed by atoms with E-state index in [4.69, 9.17) is 9.97 Å². The molecule has 7 heteroatoms. The first-order valence-electron chi connectivity index (χ1n) is 15.5. The number of nitriles is 1. The second kappa shape index (κ2) is 10.5. The van der Waals surface area contributed by atoms with E-state index in [1.165, 1.54) is 10.8 Å². The van der Waals surface area contributed by atoms with Crippen molar-refractivity contribution in [1.29, 1.82) is 5.26 Å². The number of H-pyrrole nitrogens is 1. The van der Waals surface area contributed by atoms with Crippen LogP contribution in [0.4, 0.5) is 17.6 Å². The Morgan fingerprint density at radius 2 is 1.32 bits per heavy atom. The summed E-state index contributed by atoms with van der Waals surface area (Å²) in [6.45, 7) is 2.13. The third-order valence-corrected chi connectivity index (χ3v) is 8.84. The number of nitrogens with zero attached hydrogens (tertiary/aromatic N) is 6. The SMILES string of the molecule is Cc1ccc(-n2c3ccccc3c3ccccc32)cc1-n1c(N(c2cccc(C#N)c2)c2nc3ccccc3[nH]2)nc2ccccc21. The largest absolute Gasteiger partial charge is 0.323 e. The summed E-state index contributed by atoms with van der Waals surface area (Å²) < 4.78 is 4.54. The average Bonchev–Trinajstić information content (AvgIpc) is 3.81. The maximum Gasteiger partial charge on any atom is 0.222 e. The standard InChI is InChI=1S/C40H27N7/c1-26-21-22-29(45-35-18-7-2-13-30(35)31-14-3-8-19-36(31)45)24-38(26)47-37-20-9-6-17-34(37)44-40(47)46(28-12-10-11-27(23-28)25-41)39-42-32-15-4-5-16-33(32)43-39/h2-24H,1H3,(H,42,43). The van der Waals surface area contributed by atoms with Crippen molar-refractivity contribution in [3.8, 4) is 17.4 Å². The molecule has 0 saturated heterocycles. The number of benzene rings is 6. The summed E-state index contributed by atoms with van der Waals surface area (Å²) in [7, 11) is 0. The Kier molecular flexibility index (Phi) is 5.95. The van der Waals surface area contributed by atoms with E-state index in [2.05, 4.69) is 99.9 Å². The van der Waals surface area contributed by atoms with Crippen molar-refractivity contribution in [2.24, 2.45) is 0 Å². The summed E-state index contributed by atoms with van der Waals surface area (Å²) in [5.74, 6) is 1.26. The highest BCUT2D eigenvalue weighted by molar-refractivity contribution is 6.09. The number of para-hydroxylation sites is 6. The Hall–Kier alpha value is -6.65. The monoisotopic (exact) mass is 605 g/mol. The molecule has 0 aliphatic carbocycles. The first-order valence-corrected chi connectivity index (χ1v) is 15.5. The molecule has 0 bridgehead atoms. The van der Waals surface area contributed by atoms with Crippen molar-refractivity contribution < 1.29 is 0 Å². The molecule has 1 N–H and O–H groups in total. The van der Waals surface area contributed by atoms with Gasteiger partial charge in [-0.2, -0.15) is 5.26 Å². The van der Waals surface area contributed by atoms with Crippen LogP contribution in [0, 0.1) is 18.3 Å². The zero-order valence-electron chi connectivity index (χ0n) is 25.5. The quantitative estimate of drug-likeness (QED) is 0.212. The molecule has 3 heterocycles. The minimum Gasteiger partial charge on any atom is -0.323 e.